The number of H-pyrrole nitrogens is 1. The molecule has 0 bridgehead atoms. The summed E-state index contributed by atoms with van der Waals surface area (Å²) >= 11 is 0. The van der Waals surface area contributed by atoms with Crippen LogP contribution in [0.2, 0.25) is 0 Å². The number of methoxy groups -OCH3 is 1. The van der Waals surface area contributed by atoms with Crippen molar-refractivity contribution < 1.29 is 19.4 Å². The van der Waals surface area contributed by atoms with E-state index in [-0.39, 0.29) is 5.82 Å². The Labute approximate surface area is 159 Å². The van der Waals surface area contributed by atoms with Crippen molar-refractivity contribution in [3.63, 3.8) is 0 Å². The summed E-state index contributed by atoms with van der Waals surface area (Å²) in [6, 6.07) is 6.43. The van der Waals surface area contributed by atoms with Gasteiger partial charge >= 0.3 is 5.97 Å². The maximum Gasteiger partial charge on any atom is 0.371 e. The average molecular weight is 378 g/mol. The number of hydrogen-bond acceptors (Lipinski definition) is 6. The first kappa shape index (κ1) is 21.1. The number of aromatic amines is 1. The highest BCUT2D eigenvalue weighted by Crippen LogP contribution is 2.23. The van der Waals surface area contributed by atoms with Crippen LogP contribution in [0.25, 0.3) is 11.0 Å². The zero-order valence-corrected chi connectivity index (χ0v) is 16.3. The number of carboxylic acid groups (broad SMARTS) is 1. The van der Waals surface area contributed by atoms with Crippen LogP contribution in [0.15, 0.2) is 18.2 Å². The van der Waals surface area contributed by atoms with Crippen LogP contribution in [-0.4, -0.2) is 71.4 Å². The van der Waals surface area contributed by atoms with Gasteiger partial charge in [-0.3, -0.25) is 0 Å². The molecule has 8 nitrogen and oxygen atoms in total. The lowest BCUT2D eigenvalue weighted by atomic mass is 10.1. The number of para-hydroxylation sites is 1. The molecule has 1 aliphatic heterocycles. The molecule has 0 aliphatic carbocycles. The Bertz CT molecular complexity index is 724. The van der Waals surface area contributed by atoms with Gasteiger partial charge in [-0.05, 0) is 51.9 Å². The van der Waals surface area contributed by atoms with E-state index < -0.39 is 5.97 Å². The summed E-state index contributed by atoms with van der Waals surface area (Å²) in [5, 5.41) is 8.84. The SMILES string of the molecule is CC(C)N1CCC(N)CC1.COCCOc1cccc2[nH]c(C(=O)O)nc12. The molecule has 1 aromatic carbocycles. The summed E-state index contributed by atoms with van der Waals surface area (Å²) in [5.74, 6) is -0.643. The molecule has 2 heterocycles. The molecule has 27 heavy (non-hydrogen) atoms. The Morgan fingerprint density at radius 2 is 2.07 bits per heavy atom. The van der Waals surface area contributed by atoms with Crippen LogP contribution in [0.5, 0.6) is 5.75 Å². The first-order valence-corrected chi connectivity index (χ1v) is 9.25. The van der Waals surface area contributed by atoms with Gasteiger partial charge in [0.1, 0.15) is 17.9 Å². The van der Waals surface area contributed by atoms with Gasteiger partial charge in [-0.2, -0.15) is 0 Å². The van der Waals surface area contributed by atoms with E-state index >= 15 is 0 Å². The summed E-state index contributed by atoms with van der Waals surface area (Å²) < 4.78 is 10.3. The monoisotopic (exact) mass is 378 g/mol. The maximum absolute atomic E-state index is 10.8. The first-order chi connectivity index (χ1) is 12.9. The number of piperidine rings is 1. The molecular weight excluding hydrogens is 348 g/mol. The molecule has 0 unspecified atom stereocenters. The van der Waals surface area contributed by atoms with Crippen LogP contribution >= 0.6 is 0 Å². The third-order valence-electron chi connectivity index (χ3n) is 4.53. The molecule has 1 fully saturated rings. The van der Waals surface area contributed by atoms with Crippen molar-refractivity contribution in [3.8, 4) is 5.75 Å². The molecule has 0 saturated carbocycles. The minimum atomic E-state index is -1.09. The molecule has 0 atom stereocenters. The number of aromatic nitrogens is 2. The number of likely N-dealkylation sites (tertiary alicyclic amines) is 1. The number of hydrogen-bond donors (Lipinski definition) is 3. The molecule has 150 valence electrons. The van der Waals surface area contributed by atoms with Gasteiger partial charge in [0.25, 0.3) is 0 Å². The van der Waals surface area contributed by atoms with E-state index in [1.807, 2.05) is 0 Å². The Balaban J connectivity index is 0.000000223. The van der Waals surface area contributed by atoms with Crippen LogP contribution in [0.1, 0.15) is 37.3 Å². The highest BCUT2D eigenvalue weighted by Gasteiger charge is 2.17. The Hall–Kier alpha value is -2.16. The van der Waals surface area contributed by atoms with Gasteiger partial charge in [-0.1, -0.05) is 6.07 Å². The van der Waals surface area contributed by atoms with E-state index in [9.17, 15) is 4.79 Å². The van der Waals surface area contributed by atoms with Crippen LogP contribution in [0, 0.1) is 0 Å². The molecule has 0 radical (unpaired) electrons. The summed E-state index contributed by atoms with van der Waals surface area (Å²) in [4.78, 5) is 20.0. The van der Waals surface area contributed by atoms with Gasteiger partial charge in [-0.25, -0.2) is 9.78 Å². The van der Waals surface area contributed by atoms with Gasteiger partial charge in [0, 0.05) is 19.2 Å². The number of nitrogens with one attached hydrogen (secondary N) is 1. The summed E-state index contributed by atoms with van der Waals surface area (Å²) in [6.45, 7) is 7.74. The Morgan fingerprint density at radius 1 is 1.37 bits per heavy atom. The standard InChI is InChI=1S/C11H12N2O4.C8H18N2/c1-16-5-6-17-8-4-2-3-7-9(8)13-10(12-7)11(14)15;1-7(2)10-5-3-8(9)4-6-10/h2-4H,5-6H2,1H3,(H,12,13)(H,14,15);7-8H,3-6,9H2,1-2H3. The number of fused-ring (bicyclic) bond motifs is 1. The predicted molar refractivity (Wildman–Crippen MR) is 104 cm³/mol. The predicted octanol–water partition coefficient (Wildman–Crippen LogP) is 2.10. The summed E-state index contributed by atoms with van der Waals surface area (Å²) in [5.41, 5.74) is 6.92. The zero-order valence-electron chi connectivity index (χ0n) is 16.3. The lowest BCUT2D eigenvalue weighted by molar-refractivity contribution is 0.0685. The molecule has 1 saturated heterocycles. The third-order valence-corrected chi connectivity index (χ3v) is 4.53. The molecule has 1 aliphatic rings. The summed E-state index contributed by atoms with van der Waals surface area (Å²) in [6.07, 6.45) is 2.36. The fourth-order valence-electron chi connectivity index (χ4n) is 2.89. The number of nitrogens with zero attached hydrogens (tertiary/aromatic N) is 2. The zero-order chi connectivity index (χ0) is 19.8. The second-order valence-electron chi connectivity index (χ2n) is 6.85. The van der Waals surface area contributed by atoms with Crippen molar-refractivity contribution in [2.75, 3.05) is 33.4 Å². The fourth-order valence-corrected chi connectivity index (χ4v) is 2.89. The Morgan fingerprint density at radius 3 is 2.67 bits per heavy atom. The highest BCUT2D eigenvalue weighted by atomic mass is 16.5. The van der Waals surface area contributed by atoms with Crippen molar-refractivity contribution in [1.29, 1.82) is 0 Å². The lowest BCUT2D eigenvalue weighted by Crippen LogP contribution is -2.42. The van der Waals surface area contributed by atoms with Gasteiger partial charge < -0.3 is 30.2 Å². The van der Waals surface area contributed by atoms with Crippen LogP contribution in [0.3, 0.4) is 0 Å². The van der Waals surface area contributed by atoms with Gasteiger partial charge in [0.2, 0.25) is 5.82 Å². The van der Waals surface area contributed by atoms with E-state index in [1.54, 1.807) is 25.3 Å². The fraction of sp³-hybridized carbons (Fsp3) is 0.579. The number of carboxylic acids is 1. The molecule has 4 N–H and O–H groups in total. The maximum atomic E-state index is 10.8. The minimum absolute atomic E-state index is 0.0946. The Kier molecular flexibility index (Phi) is 8.02. The molecular formula is C19H30N4O4. The molecule has 0 amide bonds. The van der Waals surface area contributed by atoms with Gasteiger partial charge in [0.15, 0.2) is 0 Å². The number of rotatable bonds is 6. The van der Waals surface area contributed by atoms with E-state index in [4.69, 9.17) is 20.3 Å². The lowest BCUT2D eigenvalue weighted by Gasteiger charge is -2.32. The topological polar surface area (TPSA) is 114 Å². The van der Waals surface area contributed by atoms with Gasteiger partial charge in [-0.15, -0.1) is 0 Å². The second-order valence-corrected chi connectivity index (χ2v) is 6.85. The molecule has 2 aromatic rings. The number of carbonyl (C=O) groups is 1. The van der Waals surface area contributed by atoms with Gasteiger partial charge in [0.05, 0.1) is 12.1 Å². The van der Waals surface area contributed by atoms with Crippen LogP contribution < -0.4 is 10.5 Å². The van der Waals surface area contributed by atoms with Crippen molar-refractivity contribution in [2.45, 2.75) is 38.8 Å². The van der Waals surface area contributed by atoms with Crippen molar-refractivity contribution in [1.82, 2.24) is 14.9 Å². The number of ether oxygens (including phenoxy) is 2. The number of imidazole rings is 1. The minimum Gasteiger partial charge on any atom is -0.489 e. The van der Waals surface area contributed by atoms with E-state index in [2.05, 4.69) is 28.7 Å². The van der Waals surface area contributed by atoms with E-state index in [0.29, 0.717) is 42.1 Å². The van der Waals surface area contributed by atoms with E-state index in [1.165, 1.54) is 25.9 Å². The quantitative estimate of drug-likeness (QED) is 0.660. The first-order valence-electron chi connectivity index (χ1n) is 9.25. The number of benzene rings is 1. The molecule has 0 spiro atoms. The third kappa shape index (κ3) is 6.20. The smallest absolute Gasteiger partial charge is 0.371 e. The van der Waals surface area contributed by atoms with Crippen molar-refractivity contribution >= 4 is 17.0 Å². The summed E-state index contributed by atoms with van der Waals surface area (Å²) in [7, 11) is 1.58. The van der Waals surface area contributed by atoms with Crippen molar-refractivity contribution in [3.05, 3.63) is 24.0 Å². The normalized spacial score (nSPS) is 15.6. The largest absolute Gasteiger partial charge is 0.489 e. The van der Waals surface area contributed by atoms with Crippen LogP contribution in [-0.2, 0) is 4.74 Å². The van der Waals surface area contributed by atoms with Crippen LogP contribution in [0.4, 0.5) is 0 Å². The average Bonchev–Trinajstić information content (AvgIpc) is 3.08. The molecule has 8 heteroatoms. The number of nitrogens with two attached hydrogens (primary N) is 1. The van der Waals surface area contributed by atoms with E-state index in [0.717, 1.165) is 0 Å². The highest BCUT2D eigenvalue weighted by molar-refractivity contribution is 5.91. The number of aromatic carboxylic acids is 1. The second kappa shape index (κ2) is 10.2. The van der Waals surface area contributed by atoms with Crippen molar-refractivity contribution in [2.24, 2.45) is 5.73 Å². The molecule has 1 aromatic heterocycles. The molecule has 3 rings (SSSR count).